The second-order valence-corrected chi connectivity index (χ2v) is 2.70. The van der Waals surface area contributed by atoms with Crippen molar-refractivity contribution < 1.29 is 13.6 Å². The van der Waals surface area contributed by atoms with Crippen LogP contribution >= 0.6 is 0 Å². The molecule has 0 heterocycles. The summed E-state index contributed by atoms with van der Waals surface area (Å²) in [6, 6.07) is 2.28. The third-order valence-electron chi connectivity index (χ3n) is 1.84. The van der Waals surface area contributed by atoms with E-state index < -0.39 is 11.6 Å². The van der Waals surface area contributed by atoms with Crippen molar-refractivity contribution in [1.29, 1.82) is 0 Å². The molecule has 0 saturated heterocycles. The molecule has 1 aromatic carbocycles. The highest BCUT2D eigenvalue weighted by atomic mass is 19.1. The fourth-order valence-electron chi connectivity index (χ4n) is 1.12. The van der Waals surface area contributed by atoms with Crippen LogP contribution in [0.2, 0.25) is 0 Å². The molecule has 0 aliphatic carbocycles. The highest BCUT2D eigenvalue weighted by molar-refractivity contribution is 5.26. The standard InChI is InChI=1S/C9H11F2NO/c1-2-6-3-7(5-13-12)9(11)4-8(6)10/h3-4H,2,5,12H2,1H3. The van der Waals surface area contributed by atoms with Crippen LogP contribution in [-0.4, -0.2) is 0 Å². The number of rotatable bonds is 3. The van der Waals surface area contributed by atoms with Gasteiger partial charge in [-0.1, -0.05) is 6.92 Å². The molecule has 0 aliphatic rings. The van der Waals surface area contributed by atoms with Gasteiger partial charge in [-0.25, -0.2) is 14.7 Å². The summed E-state index contributed by atoms with van der Waals surface area (Å²) < 4.78 is 25.9. The molecule has 2 nitrogen and oxygen atoms in total. The predicted octanol–water partition coefficient (Wildman–Crippen LogP) is 1.92. The van der Waals surface area contributed by atoms with Crippen LogP contribution in [0.25, 0.3) is 0 Å². The number of hydrogen-bond acceptors (Lipinski definition) is 2. The third-order valence-corrected chi connectivity index (χ3v) is 1.84. The molecule has 0 saturated carbocycles. The molecule has 4 heteroatoms. The summed E-state index contributed by atoms with van der Waals surface area (Å²) in [6.45, 7) is 1.75. The van der Waals surface area contributed by atoms with Crippen LogP contribution in [0.15, 0.2) is 12.1 Å². The first-order valence-electron chi connectivity index (χ1n) is 3.97. The topological polar surface area (TPSA) is 35.2 Å². The summed E-state index contributed by atoms with van der Waals surface area (Å²) >= 11 is 0. The molecular formula is C9H11F2NO. The fraction of sp³-hybridized carbons (Fsp3) is 0.333. The SMILES string of the molecule is CCc1cc(CON)c(F)cc1F. The van der Waals surface area contributed by atoms with Gasteiger partial charge < -0.3 is 0 Å². The first kappa shape index (κ1) is 10.1. The quantitative estimate of drug-likeness (QED) is 0.733. The number of aryl methyl sites for hydroxylation is 1. The van der Waals surface area contributed by atoms with E-state index in [9.17, 15) is 8.78 Å². The zero-order valence-electron chi connectivity index (χ0n) is 7.31. The monoisotopic (exact) mass is 187 g/mol. The second kappa shape index (κ2) is 4.30. The Morgan fingerprint density at radius 3 is 2.38 bits per heavy atom. The summed E-state index contributed by atoms with van der Waals surface area (Å²) in [5.74, 6) is 3.65. The van der Waals surface area contributed by atoms with Crippen molar-refractivity contribution in [3.05, 3.63) is 34.9 Å². The van der Waals surface area contributed by atoms with Gasteiger partial charge >= 0.3 is 0 Å². The molecule has 0 amide bonds. The van der Waals surface area contributed by atoms with Gasteiger partial charge in [-0.15, -0.1) is 0 Å². The zero-order chi connectivity index (χ0) is 9.84. The molecule has 72 valence electrons. The minimum Gasteiger partial charge on any atom is -0.300 e. The minimum absolute atomic E-state index is 0.0425. The van der Waals surface area contributed by atoms with Crippen LogP contribution in [0.3, 0.4) is 0 Å². The van der Waals surface area contributed by atoms with E-state index in [2.05, 4.69) is 4.84 Å². The maximum absolute atomic E-state index is 13.0. The van der Waals surface area contributed by atoms with Crippen LogP contribution in [-0.2, 0) is 17.9 Å². The van der Waals surface area contributed by atoms with Crippen LogP contribution in [0.4, 0.5) is 8.78 Å². The molecule has 13 heavy (non-hydrogen) atoms. The first-order chi connectivity index (χ1) is 6.19. The Balaban J connectivity index is 3.06. The van der Waals surface area contributed by atoms with Gasteiger partial charge in [0.2, 0.25) is 0 Å². The van der Waals surface area contributed by atoms with Gasteiger partial charge in [-0.05, 0) is 18.1 Å². The lowest BCUT2D eigenvalue weighted by Gasteiger charge is -2.05. The average molecular weight is 187 g/mol. The van der Waals surface area contributed by atoms with E-state index in [1.165, 1.54) is 6.07 Å². The van der Waals surface area contributed by atoms with Gasteiger partial charge in [-0.2, -0.15) is 0 Å². The Morgan fingerprint density at radius 2 is 1.85 bits per heavy atom. The fourth-order valence-corrected chi connectivity index (χ4v) is 1.12. The van der Waals surface area contributed by atoms with Crippen LogP contribution in [0.1, 0.15) is 18.1 Å². The van der Waals surface area contributed by atoms with Crippen molar-refractivity contribution >= 4 is 0 Å². The highest BCUT2D eigenvalue weighted by Crippen LogP contribution is 2.15. The molecule has 1 aromatic rings. The van der Waals surface area contributed by atoms with E-state index in [-0.39, 0.29) is 12.2 Å². The van der Waals surface area contributed by atoms with Gasteiger partial charge in [-0.3, -0.25) is 4.84 Å². The Hall–Kier alpha value is -1.00. The van der Waals surface area contributed by atoms with Crippen LogP contribution < -0.4 is 5.90 Å². The van der Waals surface area contributed by atoms with E-state index in [4.69, 9.17) is 5.90 Å². The van der Waals surface area contributed by atoms with Crippen molar-refractivity contribution in [2.75, 3.05) is 0 Å². The highest BCUT2D eigenvalue weighted by Gasteiger charge is 2.08. The maximum atomic E-state index is 13.0. The molecule has 2 N–H and O–H groups in total. The lowest BCUT2D eigenvalue weighted by molar-refractivity contribution is 0.121. The van der Waals surface area contributed by atoms with Gasteiger partial charge in [0.15, 0.2) is 0 Å². The predicted molar refractivity (Wildman–Crippen MR) is 44.7 cm³/mol. The lowest BCUT2D eigenvalue weighted by Crippen LogP contribution is -2.03. The van der Waals surface area contributed by atoms with Gasteiger partial charge in [0, 0.05) is 11.6 Å². The van der Waals surface area contributed by atoms with Crippen molar-refractivity contribution in [3.63, 3.8) is 0 Å². The van der Waals surface area contributed by atoms with E-state index >= 15 is 0 Å². The van der Waals surface area contributed by atoms with Crippen molar-refractivity contribution in [3.8, 4) is 0 Å². The first-order valence-corrected chi connectivity index (χ1v) is 3.97. The van der Waals surface area contributed by atoms with Crippen molar-refractivity contribution in [2.24, 2.45) is 5.90 Å². The lowest BCUT2D eigenvalue weighted by atomic mass is 10.1. The summed E-state index contributed by atoms with van der Waals surface area (Å²) in [6.07, 6.45) is 0.518. The molecule has 0 aliphatic heterocycles. The third kappa shape index (κ3) is 2.23. The summed E-state index contributed by atoms with van der Waals surface area (Å²) in [5, 5.41) is 0. The summed E-state index contributed by atoms with van der Waals surface area (Å²) in [4.78, 5) is 4.29. The van der Waals surface area contributed by atoms with E-state index in [0.29, 0.717) is 12.0 Å². The van der Waals surface area contributed by atoms with Gasteiger partial charge in [0.05, 0.1) is 6.61 Å². The van der Waals surface area contributed by atoms with Crippen molar-refractivity contribution in [2.45, 2.75) is 20.0 Å². The van der Waals surface area contributed by atoms with E-state index in [1.807, 2.05) is 0 Å². The zero-order valence-corrected chi connectivity index (χ0v) is 7.31. The Labute approximate surface area is 75.3 Å². The number of hydrogen-bond donors (Lipinski definition) is 1. The molecule has 0 spiro atoms. The molecule has 0 aromatic heterocycles. The van der Waals surface area contributed by atoms with Crippen molar-refractivity contribution in [1.82, 2.24) is 0 Å². The number of halogens is 2. The number of nitrogens with two attached hydrogens (primary N) is 1. The van der Waals surface area contributed by atoms with Gasteiger partial charge in [0.25, 0.3) is 0 Å². The summed E-state index contributed by atoms with van der Waals surface area (Å²) in [7, 11) is 0. The normalized spacial score (nSPS) is 10.5. The molecule has 0 unspecified atom stereocenters. The Bertz CT molecular complexity index is 302. The molecule has 0 atom stereocenters. The summed E-state index contributed by atoms with van der Waals surface area (Å²) in [5.41, 5.74) is 0.745. The Morgan fingerprint density at radius 1 is 1.23 bits per heavy atom. The molecule has 1 rings (SSSR count). The van der Waals surface area contributed by atoms with Gasteiger partial charge in [0.1, 0.15) is 11.6 Å². The molecule has 0 bridgehead atoms. The van der Waals surface area contributed by atoms with E-state index in [1.54, 1.807) is 6.92 Å². The van der Waals surface area contributed by atoms with Crippen LogP contribution in [0, 0.1) is 11.6 Å². The van der Waals surface area contributed by atoms with E-state index in [0.717, 1.165) is 6.07 Å². The maximum Gasteiger partial charge on any atom is 0.131 e. The molecule has 0 radical (unpaired) electrons. The Kier molecular flexibility index (Phi) is 3.33. The minimum atomic E-state index is -0.625. The average Bonchev–Trinajstić information content (AvgIpc) is 2.10. The molecular weight excluding hydrogens is 176 g/mol. The van der Waals surface area contributed by atoms with Crippen LogP contribution in [0.5, 0.6) is 0 Å². The smallest absolute Gasteiger partial charge is 0.131 e. The molecule has 0 fully saturated rings. The second-order valence-electron chi connectivity index (χ2n) is 2.70. The largest absolute Gasteiger partial charge is 0.300 e. The number of benzene rings is 1.